The fourth-order valence-corrected chi connectivity index (χ4v) is 5.55. The second-order valence-electron chi connectivity index (χ2n) is 8.33. The molecule has 2 bridgehead atoms. The summed E-state index contributed by atoms with van der Waals surface area (Å²) < 4.78 is 10.9. The summed E-state index contributed by atoms with van der Waals surface area (Å²) in [5.74, 6) is 3.58. The van der Waals surface area contributed by atoms with Gasteiger partial charge < -0.3 is 24.6 Å². The summed E-state index contributed by atoms with van der Waals surface area (Å²) in [5.41, 5.74) is 1.32. The molecule has 0 amide bonds. The van der Waals surface area contributed by atoms with Crippen LogP contribution in [0.5, 0.6) is 11.5 Å². The van der Waals surface area contributed by atoms with Gasteiger partial charge in [-0.1, -0.05) is 6.42 Å². The van der Waals surface area contributed by atoms with E-state index in [1.54, 1.807) is 4.90 Å². The van der Waals surface area contributed by atoms with E-state index in [2.05, 4.69) is 22.3 Å². The Morgan fingerprint density at radius 1 is 1.15 bits per heavy atom. The molecule has 2 saturated carbocycles. The molecule has 1 saturated heterocycles. The largest absolute Gasteiger partial charge is 0.454 e. The average molecular weight is 375 g/mol. The van der Waals surface area contributed by atoms with Crippen molar-refractivity contribution in [1.82, 2.24) is 10.2 Å². The second-order valence-corrected chi connectivity index (χ2v) is 8.72. The van der Waals surface area contributed by atoms with Crippen LogP contribution in [-0.4, -0.2) is 49.0 Å². The smallest absolute Gasteiger partial charge is 0.231 e. The zero-order valence-electron chi connectivity index (χ0n) is 15.2. The number of piperazine rings is 1. The fraction of sp³-hybridized carbons (Fsp3) is 0.650. The third-order valence-electron chi connectivity index (χ3n) is 6.70. The van der Waals surface area contributed by atoms with Crippen molar-refractivity contribution < 1.29 is 14.4 Å². The van der Waals surface area contributed by atoms with Crippen LogP contribution in [-0.2, 0) is 6.54 Å². The van der Waals surface area contributed by atoms with Crippen LogP contribution in [0.3, 0.4) is 0 Å². The van der Waals surface area contributed by atoms with Crippen LogP contribution in [0.25, 0.3) is 0 Å². The van der Waals surface area contributed by atoms with Crippen molar-refractivity contribution in [1.29, 1.82) is 0 Å². The molecular formula is C20H28N3O2S+. The van der Waals surface area contributed by atoms with Crippen molar-refractivity contribution in [3.05, 3.63) is 23.8 Å². The number of thiocarbonyl (C=S) groups is 1. The minimum Gasteiger partial charge on any atom is -0.454 e. The Morgan fingerprint density at radius 3 is 2.77 bits per heavy atom. The van der Waals surface area contributed by atoms with Crippen LogP contribution < -0.4 is 19.7 Å². The summed E-state index contributed by atoms with van der Waals surface area (Å²) in [4.78, 5) is 3.99. The fourth-order valence-electron chi connectivity index (χ4n) is 5.21. The molecule has 2 N–H and O–H groups in total. The van der Waals surface area contributed by atoms with E-state index < -0.39 is 0 Å². The normalized spacial score (nSPS) is 30.0. The standard InChI is InChI=1S/C20H27N3O2S/c26-20(21-17-10-14-1-3-16(17)9-14)23-7-5-22(6-8-23)12-15-2-4-18-19(11-15)25-13-24-18/h2,4,11,14,16-17H,1,3,5-10,12-13H2,(H,21,26)/p+1/t14-,16-,17-/m1/s1. The molecule has 4 aliphatic rings. The van der Waals surface area contributed by atoms with Crippen LogP contribution in [0, 0.1) is 11.8 Å². The van der Waals surface area contributed by atoms with Gasteiger partial charge >= 0.3 is 0 Å². The van der Waals surface area contributed by atoms with E-state index in [9.17, 15) is 0 Å². The van der Waals surface area contributed by atoms with Gasteiger partial charge in [-0.05, 0) is 61.5 Å². The third kappa shape index (κ3) is 3.25. The number of hydrogen-bond acceptors (Lipinski definition) is 3. The van der Waals surface area contributed by atoms with Crippen molar-refractivity contribution in [2.45, 2.75) is 38.3 Å². The summed E-state index contributed by atoms with van der Waals surface area (Å²) in [6.45, 7) is 5.74. The molecule has 0 aromatic heterocycles. The van der Waals surface area contributed by atoms with Gasteiger partial charge in [0.2, 0.25) is 6.79 Å². The van der Waals surface area contributed by atoms with Gasteiger partial charge in [-0.2, -0.15) is 0 Å². The van der Waals surface area contributed by atoms with Gasteiger partial charge in [0, 0.05) is 11.6 Å². The summed E-state index contributed by atoms with van der Waals surface area (Å²) in [5, 5.41) is 4.68. The Morgan fingerprint density at radius 2 is 2.00 bits per heavy atom. The first-order valence-corrected chi connectivity index (χ1v) is 10.4. The van der Waals surface area contributed by atoms with Gasteiger partial charge in [0.1, 0.15) is 6.54 Å². The molecule has 0 spiro atoms. The summed E-state index contributed by atoms with van der Waals surface area (Å²) in [6.07, 6.45) is 5.60. The highest BCUT2D eigenvalue weighted by Gasteiger charge is 2.40. The molecular weight excluding hydrogens is 346 g/mol. The Balaban J connectivity index is 1.11. The minimum absolute atomic E-state index is 0.345. The Kier molecular flexibility index (Phi) is 4.41. The molecule has 140 valence electrons. The highest BCUT2D eigenvalue weighted by atomic mass is 32.1. The third-order valence-corrected chi connectivity index (χ3v) is 7.07. The van der Waals surface area contributed by atoms with Crippen molar-refractivity contribution in [3.63, 3.8) is 0 Å². The van der Waals surface area contributed by atoms with Gasteiger partial charge in [-0.15, -0.1) is 0 Å². The van der Waals surface area contributed by atoms with Gasteiger partial charge in [0.15, 0.2) is 16.6 Å². The lowest BCUT2D eigenvalue weighted by atomic mass is 9.95. The van der Waals surface area contributed by atoms with Crippen LogP contribution in [0.1, 0.15) is 31.2 Å². The van der Waals surface area contributed by atoms with Gasteiger partial charge in [-0.25, -0.2) is 0 Å². The van der Waals surface area contributed by atoms with E-state index in [4.69, 9.17) is 21.7 Å². The molecule has 2 heterocycles. The molecule has 0 unspecified atom stereocenters. The monoisotopic (exact) mass is 374 g/mol. The van der Waals surface area contributed by atoms with Crippen LogP contribution in [0.15, 0.2) is 18.2 Å². The maximum atomic E-state index is 5.72. The molecule has 1 aromatic carbocycles. The number of quaternary nitrogens is 1. The summed E-state index contributed by atoms with van der Waals surface area (Å²) in [6, 6.07) is 6.96. The number of benzene rings is 1. The Bertz CT molecular complexity index is 690. The number of rotatable bonds is 3. The minimum atomic E-state index is 0.345. The van der Waals surface area contributed by atoms with Crippen molar-refractivity contribution in [3.8, 4) is 11.5 Å². The number of nitrogens with one attached hydrogen (secondary N) is 2. The summed E-state index contributed by atoms with van der Waals surface area (Å²) >= 11 is 5.72. The van der Waals surface area contributed by atoms with Crippen molar-refractivity contribution >= 4 is 17.3 Å². The van der Waals surface area contributed by atoms with Gasteiger partial charge in [0.25, 0.3) is 0 Å². The molecule has 3 atom stereocenters. The van der Waals surface area contributed by atoms with Gasteiger partial charge in [-0.3, -0.25) is 0 Å². The van der Waals surface area contributed by atoms with E-state index in [1.807, 2.05) is 6.07 Å². The first-order chi connectivity index (χ1) is 12.7. The maximum absolute atomic E-state index is 5.72. The lowest BCUT2D eigenvalue weighted by Gasteiger charge is -2.36. The molecule has 3 fully saturated rings. The maximum Gasteiger partial charge on any atom is 0.231 e. The van der Waals surface area contributed by atoms with Gasteiger partial charge in [0.05, 0.1) is 26.2 Å². The predicted octanol–water partition coefficient (Wildman–Crippen LogP) is 1.18. The molecule has 5 nitrogen and oxygen atoms in total. The molecule has 0 radical (unpaired) electrons. The molecule has 26 heavy (non-hydrogen) atoms. The number of nitrogens with zero attached hydrogens (tertiary/aromatic N) is 1. The van der Waals surface area contributed by atoms with Crippen LogP contribution >= 0.6 is 12.2 Å². The van der Waals surface area contributed by atoms with Crippen LogP contribution in [0.4, 0.5) is 0 Å². The Labute approximate surface area is 160 Å². The Hall–Kier alpha value is -1.53. The van der Waals surface area contributed by atoms with Crippen molar-refractivity contribution in [2.24, 2.45) is 11.8 Å². The molecule has 2 aliphatic carbocycles. The molecule has 1 aromatic rings. The quantitative estimate of drug-likeness (QED) is 0.778. The van der Waals surface area contributed by atoms with E-state index in [-0.39, 0.29) is 0 Å². The number of hydrogen-bond donors (Lipinski definition) is 2. The lowest BCUT2D eigenvalue weighted by molar-refractivity contribution is -0.917. The number of fused-ring (bicyclic) bond motifs is 3. The molecule has 6 heteroatoms. The highest BCUT2D eigenvalue weighted by molar-refractivity contribution is 7.80. The van der Waals surface area contributed by atoms with Crippen LogP contribution in [0.2, 0.25) is 0 Å². The SMILES string of the molecule is S=C(N[C@@H]1C[C@@H]2CC[C@@H]1C2)N1CC[NH+](Cc2ccc3c(c2)OCO3)CC1. The molecule has 5 rings (SSSR count). The number of ether oxygens (including phenoxy) is 2. The van der Waals surface area contributed by atoms with E-state index in [1.165, 1.54) is 31.2 Å². The lowest BCUT2D eigenvalue weighted by Crippen LogP contribution is -3.13. The zero-order chi connectivity index (χ0) is 17.5. The topological polar surface area (TPSA) is 38.2 Å². The first-order valence-electron chi connectivity index (χ1n) is 10.0. The van der Waals surface area contributed by atoms with E-state index in [0.29, 0.717) is 12.8 Å². The summed E-state index contributed by atoms with van der Waals surface area (Å²) in [7, 11) is 0. The predicted molar refractivity (Wildman–Crippen MR) is 104 cm³/mol. The van der Waals surface area contributed by atoms with Crippen molar-refractivity contribution in [2.75, 3.05) is 33.0 Å². The molecule has 2 aliphatic heterocycles. The van der Waals surface area contributed by atoms with E-state index in [0.717, 1.165) is 61.2 Å². The van der Waals surface area contributed by atoms with E-state index >= 15 is 0 Å². The highest BCUT2D eigenvalue weighted by Crippen LogP contribution is 2.44. The average Bonchev–Trinajstić information content (AvgIpc) is 3.38. The zero-order valence-corrected chi connectivity index (χ0v) is 16.0. The second kappa shape index (κ2) is 6.89. The first kappa shape index (κ1) is 16.6.